The van der Waals surface area contributed by atoms with Gasteiger partial charge in [0.1, 0.15) is 5.82 Å². The van der Waals surface area contributed by atoms with Gasteiger partial charge in [0.25, 0.3) is 0 Å². The lowest BCUT2D eigenvalue weighted by atomic mass is 10.2. The molecule has 0 fully saturated rings. The Morgan fingerprint density at radius 3 is 2.86 bits per heavy atom. The molecule has 1 aromatic heterocycles. The lowest BCUT2D eigenvalue weighted by molar-refractivity contribution is 0.403. The number of ether oxygens (including phenoxy) is 1. The Labute approximate surface area is 128 Å². The topological polar surface area (TPSA) is 53.1 Å². The van der Waals surface area contributed by atoms with Crippen LogP contribution in [0, 0.1) is 5.82 Å². The molecule has 1 aromatic carbocycles. The number of thioether (sulfide) groups is 1. The normalized spacial score (nSPS) is 12.4. The maximum atomic E-state index is 13.6. The Kier molecular flexibility index (Phi) is 5.64. The molecule has 2 aromatic rings. The minimum atomic E-state index is -0.265. The number of aryl methyl sites for hydroxylation is 1. The summed E-state index contributed by atoms with van der Waals surface area (Å²) >= 11 is 1.40. The molecule has 6 heteroatoms. The molecular formula is C15H20FN3OS. The van der Waals surface area contributed by atoms with Crippen LogP contribution in [0.5, 0.6) is 5.75 Å². The van der Waals surface area contributed by atoms with E-state index in [0.717, 1.165) is 18.7 Å². The van der Waals surface area contributed by atoms with Gasteiger partial charge in [0, 0.05) is 17.2 Å². The molecule has 1 unspecified atom stereocenters. The average Bonchev–Trinajstić information content (AvgIpc) is 2.89. The van der Waals surface area contributed by atoms with E-state index in [1.165, 1.54) is 17.8 Å². The van der Waals surface area contributed by atoms with E-state index in [1.54, 1.807) is 25.4 Å². The highest BCUT2D eigenvalue weighted by atomic mass is 32.2. The van der Waals surface area contributed by atoms with Crippen molar-refractivity contribution in [2.24, 2.45) is 5.73 Å². The van der Waals surface area contributed by atoms with Crippen molar-refractivity contribution in [3.8, 4) is 5.75 Å². The van der Waals surface area contributed by atoms with Gasteiger partial charge in [-0.05, 0) is 18.6 Å². The van der Waals surface area contributed by atoms with Crippen LogP contribution in [0.2, 0.25) is 0 Å². The van der Waals surface area contributed by atoms with E-state index >= 15 is 0 Å². The molecular weight excluding hydrogens is 289 g/mol. The molecule has 1 heterocycles. The molecule has 4 nitrogen and oxygen atoms in total. The van der Waals surface area contributed by atoms with Crippen LogP contribution in [0.1, 0.15) is 25.1 Å². The van der Waals surface area contributed by atoms with Crippen molar-refractivity contribution in [1.29, 1.82) is 0 Å². The lowest BCUT2D eigenvalue weighted by Gasteiger charge is -2.15. The maximum absolute atomic E-state index is 13.6. The second-order valence-electron chi connectivity index (χ2n) is 4.67. The molecule has 0 saturated carbocycles. The van der Waals surface area contributed by atoms with Gasteiger partial charge < -0.3 is 10.5 Å². The van der Waals surface area contributed by atoms with Crippen molar-refractivity contribution in [1.82, 2.24) is 9.78 Å². The zero-order chi connectivity index (χ0) is 15.2. The van der Waals surface area contributed by atoms with Crippen LogP contribution in [0.3, 0.4) is 0 Å². The fourth-order valence-corrected chi connectivity index (χ4v) is 3.02. The minimum absolute atomic E-state index is 0.219. The summed E-state index contributed by atoms with van der Waals surface area (Å²) in [5, 5.41) is 4.30. The van der Waals surface area contributed by atoms with Gasteiger partial charge in [-0.25, -0.2) is 4.39 Å². The predicted octanol–water partition coefficient (Wildman–Crippen LogP) is 3.23. The molecule has 0 bridgehead atoms. The van der Waals surface area contributed by atoms with Crippen molar-refractivity contribution >= 4 is 11.8 Å². The summed E-state index contributed by atoms with van der Waals surface area (Å²) in [6.45, 7) is 2.87. The van der Waals surface area contributed by atoms with E-state index in [0.29, 0.717) is 16.4 Å². The van der Waals surface area contributed by atoms with Crippen molar-refractivity contribution in [3.63, 3.8) is 0 Å². The first-order valence-electron chi connectivity index (χ1n) is 6.90. The van der Waals surface area contributed by atoms with Crippen LogP contribution in [0.25, 0.3) is 0 Å². The fraction of sp³-hybridized carbons (Fsp3) is 0.400. The summed E-state index contributed by atoms with van der Waals surface area (Å²) in [5.74, 6) is 1.03. The third-order valence-electron chi connectivity index (χ3n) is 3.11. The van der Waals surface area contributed by atoms with Crippen LogP contribution in [-0.4, -0.2) is 22.6 Å². The Balaban J connectivity index is 2.11. The summed E-state index contributed by atoms with van der Waals surface area (Å²) in [6.07, 6.45) is 2.64. The molecule has 0 amide bonds. The molecule has 2 rings (SSSR count). The quantitative estimate of drug-likeness (QED) is 0.798. The van der Waals surface area contributed by atoms with E-state index in [2.05, 4.69) is 12.0 Å². The SMILES string of the molecule is CCCn1ncc(OC)c1C(N)CSc1ccccc1F. The number of nitrogens with zero attached hydrogens (tertiary/aromatic N) is 2. The largest absolute Gasteiger partial charge is 0.493 e. The Hall–Kier alpha value is -1.53. The summed E-state index contributed by atoms with van der Waals surface area (Å²) < 4.78 is 20.8. The number of halogens is 1. The van der Waals surface area contributed by atoms with Crippen molar-refractivity contribution in [2.75, 3.05) is 12.9 Å². The number of rotatable bonds is 7. The first kappa shape index (κ1) is 15.9. The van der Waals surface area contributed by atoms with Crippen molar-refractivity contribution < 1.29 is 9.13 Å². The monoisotopic (exact) mass is 309 g/mol. The predicted molar refractivity (Wildman–Crippen MR) is 83.1 cm³/mol. The van der Waals surface area contributed by atoms with Gasteiger partial charge >= 0.3 is 0 Å². The molecule has 2 N–H and O–H groups in total. The Bertz CT molecular complexity index is 588. The standard InChI is InChI=1S/C15H20FN3OS/c1-3-8-19-15(13(20-2)9-18-19)12(17)10-21-14-7-5-4-6-11(14)16/h4-7,9,12H,3,8,10,17H2,1-2H3. The van der Waals surface area contributed by atoms with Crippen LogP contribution in [-0.2, 0) is 6.54 Å². The van der Waals surface area contributed by atoms with Gasteiger partial charge in [0.05, 0.1) is 25.0 Å². The Morgan fingerprint density at radius 1 is 1.43 bits per heavy atom. The molecule has 0 aliphatic heterocycles. The van der Waals surface area contributed by atoms with E-state index in [9.17, 15) is 4.39 Å². The molecule has 0 saturated heterocycles. The molecule has 0 aliphatic carbocycles. The van der Waals surface area contributed by atoms with Gasteiger partial charge in [0.2, 0.25) is 0 Å². The van der Waals surface area contributed by atoms with Gasteiger partial charge in [-0.15, -0.1) is 11.8 Å². The second-order valence-corrected chi connectivity index (χ2v) is 5.73. The van der Waals surface area contributed by atoms with Crippen LogP contribution >= 0.6 is 11.8 Å². The third kappa shape index (κ3) is 3.77. The summed E-state index contributed by atoms with van der Waals surface area (Å²) in [4.78, 5) is 0.605. The summed E-state index contributed by atoms with van der Waals surface area (Å²) in [5.41, 5.74) is 7.12. The number of hydrogen-bond donors (Lipinski definition) is 1. The molecule has 1 atom stereocenters. The average molecular weight is 309 g/mol. The molecule has 0 radical (unpaired) electrons. The van der Waals surface area contributed by atoms with E-state index in [4.69, 9.17) is 10.5 Å². The van der Waals surface area contributed by atoms with E-state index in [-0.39, 0.29) is 11.9 Å². The maximum Gasteiger partial charge on any atom is 0.161 e. The third-order valence-corrected chi connectivity index (χ3v) is 4.27. The zero-order valence-electron chi connectivity index (χ0n) is 12.3. The van der Waals surface area contributed by atoms with Crippen LogP contribution in [0.4, 0.5) is 4.39 Å². The fourth-order valence-electron chi connectivity index (χ4n) is 2.12. The molecule has 21 heavy (non-hydrogen) atoms. The van der Waals surface area contributed by atoms with Crippen LogP contribution in [0.15, 0.2) is 35.4 Å². The van der Waals surface area contributed by atoms with Gasteiger partial charge in [0.15, 0.2) is 5.75 Å². The number of nitrogens with two attached hydrogens (primary N) is 1. The van der Waals surface area contributed by atoms with Crippen LogP contribution < -0.4 is 10.5 Å². The highest BCUT2D eigenvalue weighted by Crippen LogP contribution is 2.29. The number of aromatic nitrogens is 2. The summed E-state index contributed by atoms with van der Waals surface area (Å²) in [6, 6.07) is 6.44. The number of methoxy groups -OCH3 is 1. The first-order valence-corrected chi connectivity index (χ1v) is 7.88. The van der Waals surface area contributed by atoms with E-state index in [1.807, 2.05) is 10.7 Å². The van der Waals surface area contributed by atoms with Crippen molar-refractivity contribution in [2.45, 2.75) is 30.8 Å². The van der Waals surface area contributed by atoms with Gasteiger partial charge in [-0.3, -0.25) is 4.68 Å². The Morgan fingerprint density at radius 2 is 2.19 bits per heavy atom. The minimum Gasteiger partial charge on any atom is -0.493 e. The van der Waals surface area contributed by atoms with Gasteiger partial charge in [-0.1, -0.05) is 19.1 Å². The molecule has 0 spiro atoms. The summed E-state index contributed by atoms with van der Waals surface area (Å²) in [7, 11) is 1.60. The smallest absolute Gasteiger partial charge is 0.161 e. The second kappa shape index (κ2) is 7.47. The van der Waals surface area contributed by atoms with E-state index < -0.39 is 0 Å². The zero-order valence-corrected chi connectivity index (χ0v) is 13.1. The highest BCUT2D eigenvalue weighted by molar-refractivity contribution is 7.99. The molecule has 114 valence electrons. The number of hydrogen-bond acceptors (Lipinski definition) is 4. The van der Waals surface area contributed by atoms with Crippen molar-refractivity contribution in [3.05, 3.63) is 42.0 Å². The van der Waals surface area contributed by atoms with Gasteiger partial charge in [-0.2, -0.15) is 5.10 Å². The lowest BCUT2D eigenvalue weighted by Crippen LogP contribution is -2.19. The first-order chi connectivity index (χ1) is 10.2. The molecule has 0 aliphatic rings. The highest BCUT2D eigenvalue weighted by Gasteiger charge is 2.19. The number of benzene rings is 1.